The van der Waals surface area contributed by atoms with E-state index in [4.69, 9.17) is 0 Å². The normalized spacial score (nSPS) is 22.3. The summed E-state index contributed by atoms with van der Waals surface area (Å²) in [5.41, 5.74) is -1.07. The highest BCUT2D eigenvalue weighted by Crippen LogP contribution is 2.38. The number of alkyl halides is 6. The molecule has 1 aromatic carbocycles. The average molecular weight is 431 g/mol. The van der Waals surface area contributed by atoms with Gasteiger partial charge in [0, 0.05) is 12.6 Å². The van der Waals surface area contributed by atoms with E-state index in [2.05, 4.69) is 5.32 Å². The molecule has 0 aliphatic heterocycles. The average Bonchev–Trinajstić information content (AvgIpc) is 2.59. The van der Waals surface area contributed by atoms with Gasteiger partial charge in [-0.15, -0.1) is 0 Å². The summed E-state index contributed by atoms with van der Waals surface area (Å²) in [7, 11) is -4.15. The molecular weight excluding hydrogens is 408 g/mol. The van der Waals surface area contributed by atoms with Crippen LogP contribution in [0.2, 0.25) is 0 Å². The van der Waals surface area contributed by atoms with E-state index in [9.17, 15) is 34.8 Å². The van der Waals surface area contributed by atoms with Gasteiger partial charge in [-0.3, -0.25) is 0 Å². The Morgan fingerprint density at radius 2 is 1.71 bits per heavy atom. The van der Waals surface area contributed by atoms with Crippen molar-refractivity contribution in [1.29, 1.82) is 0 Å². The maximum atomic E-state index is 12.9. The van der Waals surface area contributed by atoms with Crippen molar-refractivity contribution in [3.05, 3.63) is 29.8 Å². The van der Waals surface area contributed by atoms with Gasteiger partial charge in [-0.2, -0.15) is 26.3 Å². The molecule has 2 atom stereocenters. The molecule has 1 N–H and O–H groups in total. The van der Waals surface area contributed by atoms with E-state index in [0.717, 1.165) is 18.2 Å². The number of hydrogen-bond donors (Lipinski definition) is 1. The first-order valence-corrected chi connectivity index (χ1v) is 10.3. The number of halogens is 6. The predicted molar refractivity (Wildman–Crippen MR) is 92.5 cm³/mol. The lowest BCUT2D eigenvalue weighted by Gasteiger charge is -2.34. The molecule has 1 aliphatic carbocycles. The van der Waals surface area contributed by atoms with E-state index in [-0.39, 0.29) is 19.4 Å². The van der Waals surface area contributed by atoms with Crippen LogP contribution in [-0.4, -0.2) is 31.9 Å². The summed E-state index contributed by atoms with van der Waals surface area (Å²) >= 11 is 0. The van der Waals surface area contributed by atoms with Crippen LogP contribution in [0.3, 0.4) is 0 Å². The van der Waals surface area contributed by atoms with Gasteiger partial charge >= 0.3 is 12.4 Å². The van der Waals surface area contributed by atoms with Crippen molar-refractivity contribution in [3.63, 3.8) is 0 Å². The molecule has 0 spiro atoms. The van der Waals surface area contributed by atoms with E-state index in [0.29, 0.717) is 18.9 Å². The largest absolute Gasteiger partial charge is 0.416 e. The van der Waals surface area contributed by atoms with Crippen molar-refractivity contribution in [2.45, 2.75) is 67.6 Å². The Kier molecular flexibility index (Phi) is 6.45. The third-order valence-electron chi connectivity index (χ3n) is 5.15. The van der Waals surface area contributed by atoms with Gasteiger partial charge in [0.1, 0.15) is 0 Å². The molecule has 1 aromatic rings. The Labute approximate surface area is 160 Å². The highest BCUT2D eigenvalue weighted by Gasteiger charge is 2.43. The van der Waals surface area contributed by atoms with Crippen LogP contribution in [0.15, 0.2) is 29.2 Å². The van der Waals surface area contributed by atoms with Gasteiger partial charge in [0.25, 0.3) is 0 Å². The lowest BCUT2D eigenvalue weighted by Crippen LogP contribution is -2.47. The van der Waals surface area contributed by atoms with Crippen LogP contribution in [0.25, 0.3) is 0 Å². The minimum Gasteiger partial charge on any atom is -0.312 e. The summed E-state index contributed by atoms with van der Waals surface area (Å²) in [6.45, 7) is 2.53. The van der Waals surface area contributed by atoms with E-state index in [1.54, 1.807) is 0 Å². The van der Waals surface area contributed by atoms with E-state index in [1.807, 2.05) is 0 Å². The highest BCUT2D eigenvalue weighted by molar-refractivity contribution is 7.92. The highest BCUT2D eigenvalue weighted by atomic mass is 32.2. The monoisotopic (exact) mass is 431 g/mol. The predicted octanol–water partition coefficient (Wildman–Crippen LogP) is 4.97. The number of rotatable bonds is 5. The van der Waals surface area contributed by atoms with Crippen LogP contribution in [0.5, 0.6) is 0 Å². The van der Waals surface area contributed by atoms with Crippen molar-refractivity contribution >= 4 is 9.84 Å². The molecule has 0 unspecified atom stereocenters. The third-order valence-corrected chi connectivity index (χ3v) is 7.63. The topological polar surface area (TPSA) is 46.2 Å². The molecule has 0 amide bonds. The molecule has 1 saturated carbocycles. The Balaban J connectivity index is 2.13. The zero-order valence-corrected chi connectivity index (χ0v) is 16.3. The van der Waals surface area contributed by atoms with E-state index < -0.39 is 49.4 Å². The van der Waals surface area contributed by atoms with Crippen LogP contribution < -0.4 is 5.32 Å². The molecule has 0 saturated heterocycles. The lowest BCUT2D eigenvalue weighted by atomic mass is 9.85. The fraction of sp³-hybridized carbons (Fsp3) is 0.667. The number of sulfone groups is 1. The summed E-state index contributed by atoms with van der Waals surface area (Å²) in [6.07, 6.45) is -8.19. The zero-order chi connectivity index (χ0) is 21.4. The second-order valence-electron chi connectivity index (χ2n) is 7.77. The third kappa shape index (κ3) is 5.20. The van der Waals surface area contributed by atoms with Crippen molar-refractivity contribution in [2.24, 2.45) is 5.92 Å². The quantitative estimate of drug-likeness (QED) is 0.670. The number of hydrogen-bond acceptors (Lipinski definition) is 3. The summed E-state index contributed by atoms with van der Waals surface area (Å²) in [5.74, 6) is -1.43. The molecular formula is C18H23F6NO2S. The molecule has 0 bridgehead atoms. The van der Waals surface area contributed by atoms with Gasteiger partial charge in [-0.1, -0.05) is 12.5 Å². The molecule has 1 fully saturated rings. The Hall–Kier alpha value is -1.29. The van der Waals surface area contributed by atoms with Crippen molar-refractivity contribution < 1.29 is 34.8 Å². The van der Waals surface area contributed by atoms with E-state index >= 15 is 0 Å². The van der Waals surface area contributed by atoms with Gasteiger partial charge in [0.05, 0.1) is 21.1 Å². The second-order valence-corrected chi connectivity index (χ2v) is 10.4. The standard InChI is InChI=1S/C18H23F6NO2S/c1-16(2,11-25-14-7-3-5-12(9-14)17(19,20)21)28(26,27)15-8-4-6-13(10-15)18(22,23)24/h4,6,8,10,12,14,25H,3,5,7,9,11H2,1-2H3/t12-,14-/m0/s1. The molecule has 160 valence electrons. The van der Waals surface area contributed by atoms with Gasteiger partial charge in [0.2, 0.25) is 0 Å². The lowest BCUT2D eigenvalue weighted by molar-refractivity contribution is -0.183. The summed E-state index contributed by atoms with van der Waals surface area (Å²) in [6, 6.07) is 2.98. The summed E-state index contributed by atoms with van der Waals surface area (Å²) < 4.78 is 102. The molecule has 3 nitrogen and oxygen atoms in total. The Morgan fingerprint density at radius 1 is 1.07 bits per heavy atom. The first kappa shape index (κ1) is 23.0. The minimum absolute atomic E-state index is 0.0492. The van der Waals surface area contributed by atoms with Gasteiger partial charge < -0.3 is 5.32 Å². The van der Waals surface area contributed by atoms with Gasteiger partial charge in [0.15, 0.2) is 9.84 Å². The molecule has 0 radical (unpaired) electrons. The van der Waals surface area contributed by atoms with Gasteiger partial charge in [-0.25, -0.2) is 8.42 Å². The second kappa shape index (κ2) is 7.85. The van der Waals surface area contributed by atoms with Crippen molar-refractivity contribution in [2.75, 3.05) is 6.54 Å². The van der Waals surface area contributed by atoms with Crippen LogP contribution in [0.4, 0.5) is 26.3 Å². The maximum Gasteiger partial charge on any atom is 0.416 e. The number of benzene rings is 1. The molecule has 28 heavy (non-hydrogen) atoms. The fourth-order valence-corrected chi connectivity index (χ4v) is 4.77. The summed E-state index contributed by atoms with van der Waals surface area (Å²) in [5, 5.41) is 2.88. The maximum absolute atomic E-state index is 12.9. The first-order chi connectivity index (χ1) is 12.6. The molecule has 2 rings (SSSR count). The SMILES string of the molecule is CC(C)(CN[C@H]1CCC[C@H](C(F)(F)F)C1)S(=O)(=O)c1cccc(C(F)(F)F)c1. The van der Waals surface area contributed by atoms with Gasteiger partial charge in [-0.05, 0) is 51.3 Å². The Morgan fingerprint density at radius 3 is 2.29 bits per heavy atom. The first-order valence-electron chi connectivity index (χ1n) is 8.86. The molecule has 0 heterocycles. The van der Waals surface area contributed by atoms with Crippen LogP contribution >= 0.6 is 0 Å². The zero-order valence-electron chi connectivity index (χ0n) is 15.5. The van der Waals surface area contributed by atoms with Crippen molar-refractivity contribution in [3.8, 4) is 0 Å². The van der Waals surface area contributed by atoms with Crippen LogP contribution in [-0.2, 0) is 16.0 Å². The van der Waals surface area contributed by atoms with Crippen LogP contribution in [0, 0.1) is 5.92 Å². The van der Waals surface area contributed by atoms with E-state index in [1.165, 1.54) is 13.8 Å². The number of nitrogens with one attached hydrogen (secondary N) is 1. The smallest absolute Gasteiger partial charge is 0.312 e. The molecule has 0 aromatic heterocycles. The van der Waals surface area contributed by atoms with Crippen LogP contribution in [0.1, 0.15) is 45.1 Å². The fourth-order valence-electron chi connectivity index (χ4n) is 3.32. The molecule has 10 heteroatoms. The summed E-state index contributed by atoms with van der Waals surface area (Å²) in [4.78, 5) is -0.467. The Bertz CT molecular complexity index is 786. The van der Waals surface area contributed by atoms with Crippen molar-refractivity contribution in [1.82, 2.24) is 5.32 Å². The minimum atomic E-state index is -4.68. The molecule has 1 aliphatic rings.